The lowest BCUT2D eigenvalue weighted by molar-refractivity contribution is -0.113. The van der Waals surface area contributed by atoms with Crippen molar-refractivity contribution in [3.63, 3.8) is 0 Å². The number of carbonyl (C=O) groups excluding carboxylic acids is 2. The van der Waals surface area contributed by atoms with Crippen molar-refractivity contribution in [3.8, 4) is 0 Å². The van der Waals surface area contributed by atoms with Gasteiger partial charge in [-0.3, -0.25) is 19.4 Å². The Labute approximate surface area is 177 Å². The van der Waals surface area contributed by atoms with Crippen LogP contribution in [-0.4, -0.2) is 27.5 Å². The Kier molecular flexibility index (Phi) is 6.53. The summed E-state index contributed by atoms with van der Waals surface area (Å²) in [7, 11) is 0. The smallest absolute Gasteiger partial charge is 0.277 e. The van der Waals surface area contributed by atoms with Crippen LogP contribution in [0.4, 0.5) is 17.2 Å². The molecule has 0 aliphatic carbocycles. The van der Waals surface area contributed by atoms with Crippen molar-refractivity contribution in [2.75, 3.05) is 22.1 Å². The van der Waals surface area contributed by atoms with E-state index in [1.54, 1.807) is 30.3 Å². The molecule has 8 nitrogen and oxygen atoms in total. The molecule has 0 saturated carbocycles. The van der Waals surface area contributed by atoms with Crippen molar-refractivity contribution in [2.45, 2.75) is 19.0 Å². The topological polar surface area (TPSA) is 130 Å². The average Bonchev–Trinajstić information content (AvgIpc) is 2.69. The second-order valence-electron chi connectivity index (χ2n) is 6.66. The van der Waals surface area contributed by atoms with Gasteiger partial charge in [-0.25, -0.2) is 4.98 Å². The standard InChI is InChI=1S/C21H21N5O3S/c1-12-6-8-14(9-7-12)19(28)24-17-18(22)25-21(26-20(17)29)30-11-16(27)23-15-5-3-4-13(2)10-15/h3-10H,11H2,1-2H3,(H,23,27)(H,24,28)(H3,22,25,26,29). The number of H-pyrrole nitrogens is 1. The molecule has 30 heavy (non-hydrogen) atoms. The molecule has 0 unspecified atom stereocenters. The van der Waals surface area contributed by atoms with Gasteiger partial charge in [-0.15, -0.1) is 0 Å². The quantitative estimate of drug-likeness (QED) is 0.356. The predicted molar refractivity (Wildman–Crippen MR) is 119 cm³/mol. The van der Waals surface area contributed by atoms with E-state index in [4.69, 9.17) is 5.73 Å². The molecule has 1 aromatic heterocycles. The zero-order valence-electron chi connectivity index (χ0n) is 16.5. The number of carbonyl (C=O) groups is 2. The molecule has 1 heterocycles. The van der Waals surface area contributed by atoms with Crippen LogP contribution in [-0.2, 0) is 4.79 Å². The van der Waals surface area contributed by atoms with Gasteiger partial charge in [0.25, 0.3) is 11.5 Å². The molecule has 0 atom stereocenters. The summed E-state index contributed by atoms with van der Waals surface area (Å²) in [6.45, 7) is 3.84. The summed E-state index contributed by atoms with van der Waals surface area (Å²) in [6.07, 6.45) is 0. The third-order valence-electron chi connectivity index (χ3n) is 4.12. The molecular formula is C21H21N5O3S. The molecule has 3 rings (SSSR count). The van der Waals surface area contributed by atoms with Crippen LogP contribution >= 0.6 is 11.8 Å². The minimum absolute atomic E-state index is 0.0331. The third-order valence-corrected chi connectivity index (χ3v) is 4.99. The van der Waals surface area contributed by atoms with E-state index < -0.39 is 11.5 Å². The summed E-state index contributed by atoms with van der Waals surface area (Å²) < 4.78 is 0. The highest BCUT2D eigenvalue weighted by molar-refractivity contribution is 7.99. The van der Waals surface area contributed by atoms with Gasteiger partial charge in [0.2, 0.25) is 5.91 Å². The molecule has 0 radical (unpaired) electrons. The van der Waals surface area contributed by atoms with E-state index in [0.717, 1.165) is 22.9 Å². The number of anilines is 3. The van der Waals surface area contributed by atoms with Gasteiger partial charge in [0.1, 0.15) is 5.69 Å². The summed E-state index contributed by atoms with van der Waals surface area (Å²) in [5.41, 5.74) is 8.26. The Bertz CT molecular complexity index is 1140. The van der Waals surface area contributed by atoms with Gasteiger partial charge in [0.05, 0.1) is 5.75 Å². The average molecular weight is 423 g/mol. The number of nitrogen functional groups attached to an aromatic ring is 1. The molecule has 9 heteroatoms. The van der Waals surface area contributed by atoms with Gasteiger partial charge in [0.15, 0.2) is 11.0 Å². The molecule has 2 amide bonds. The molecule has 0 saturated heterocycles. The Morgan fingerprint density at radius 3 is 2.47 bits per heavy atom. The van der Waals surface area contributed by atoms with Gasteiger partial charge in [-0.05, 0) is 43.7 Å². The fourth-order valence-corrected chi connectivity index (χ4v) is 3.27. The molecule has 0 bridgehead atoms. The lowest BCUT2D eigenvalue weighted by atomic mass is 10.1. The minimum atomic E-state index is -0.593. The van der Waals surface area contributed by atoms with Crippen molar-refractivity contribution in [1.29, 1.82) is 0 Å². The fourth-order valence-electron chi connectivity index (χ4n) is 2.60. The second kappa shape index (κ2) is 9.27. The number of amides is 2. The van der Waals surface area contributed by atoms with Crippen LogP contribution in [0.25, 0.3) is 0 Å². The van der Waals surface area contributed by atoms with E-state index in [-0.39, 0.29) is 28.3 Å². The number of nitrogens with two attached hydrogens (primary N) is 1. The molecule has 0 spiro atoms. The van der Waals surface area contributed by atoms with Gasteiger partial charge in [0, 0.05) is 11.3 Å². The highest BCUT2D eigenvalue weighted by Crippen LogP contribution is 2.18. The number of hydrogen-bond donors (Lipinski definition) is 4. The van der Waals surface area contributed by atoms with Crippen molar-refractivity contribution >= 4 is 40.8 Å². The summed E-state index contributed by atoms with van der Waals surface area (Å²) in [6, 6.07) is 14.3. The third kappa shape index (κ3) is 5.48. The monoisotopic (exact) mass is 423 g/mol. The Hall–Kier alpha value is -3.59. The SMILES string of the molecule is Cc1ccc(C(=O)Nc2c(N)nc(SCC(=O)Nc3cccc(C)c3)[nH]c2=O)cc1. The van der Waals surface area contributed by atoms with Crippen molar-refractivity contribution in [2.24, 2.45) is 0 Å². The first kappa shape index (κ1) is 21.1. The van der Waals surface area contributed by atoms with E-state index in [1.807, 2.05) is 32.0 Å². The van der Waals surface area contributed by atoms with Crippen LogP contribution in [0.1, 0.15) is 21.5 Å². The summed E-state index contributed by atoms with van der Waals surface area (Å²) in [4.78, 5) is 43.4. The maximum absolute atomic E-state index is 12.4. The highest BCUT2D eigenvalue weighted by atomic mass is 32.2. The summed E-state index contributed by atoms with van der Waals surface area (Å²) in [5, 5.41) is 5.44. The number of nitrogens with one attached hydrogen (secondary N) is 3. The molecule has 0 fully saturated rings. The number of aryl methyl sites for hydroxylation is 2. The molecule has 5 N–H and O–H groups in total. The summed E-state index contributed by atoms with van der Waals surface area (Å²) >= 11 is 1.03. The highest BCUT2D eigenvalue weighted by Gasteiger charge is 2.15. The number of nitrogens with zero attached hydrogens (tertiary/aromatic N) is 1. The number of hydrogen-bond acceptors (Lipinski definition) is 6. The van der Waals surface area contributed by atoms with Crippen LogP contribution in [0, 0.1) is 13.8 Å². The Morgan fingerprint density at radius 1 is 1.07 bits per heavy atom. The normalized spacial score (nSPS) is 10.5. The first-order valence-electron chi connectivity index (χ1n) is 9.09. The van der Waals surface area contributed by atoms with Crippen LogP contribution in [0.5, 0.6) is 0 Å². The van der Waals surface area contributed by atoms with E-state index in [0.29, 0.717) is 11.3 Å². The molecular weight excluding hydrogens is 402 g/mol. The molecule has 0 aliphatic rings. The van der Waals surface area contributed by atoms with E-state index >= 15 is 0 Å². The Balaban J connectivity index is 1.64. The first-order valence-corrected chi connectivity index (χ1v) is 10.1. The lowest BCUT2D eigenvalue weighted by Crippen LogP contribution is -2.23. The van der Waals surface area contributed by atoms with Crippen molar-refractivity contribution in [1.82, 2.24) is 9.97 Å². The summed E-state index contributed by atoms with van der Waals surface area (Å²) in [5.74, 6) is -0.804. The number of benzene rings is 2. The molecule has 3 aromatic rings. The molecule has 2 aromatic carbocycles. The number of rotatable bonds is 6. The zero-order chi connectivity index (χ0) is 21.7. The first-order chi connectivity index (χ1) is 14.3. The maximum atomic E-state index is 12.4. The fraction of sp³-hybridized carbons (Fsp3) is 0.143. The van der Waals surface area contributed by atoms with Crippen LogP contribution in [0.2, 0.25) is 0 Å². The van der Waals surface area contributed by atoms with Gasteiger partial charge in [-0.1, -0.05) is 41.6 Å². The van der Waals surface area contributed by atoms with Crippen molar-refractivity contribution < 1.29 is 9.59 Å². The minimum Gasteiger partial charge on any atom is -0.382 e. The van der Waals surface area contributed by atoms with E-state index in [9.17, 15) is 14.4 Å². The number of aromatic amines is 1. The number of thioether (sulfide) groups is 1. The van der Waals surface area contributed by atoms with Crippen LogP contribution < -0.4 is 21.9 Å². The van der Waals surface area contributed by atoms with Gasteiger partial charge in [-0.2, -0.15) is 0 Å². The number of aromatic nitrogens is 2. The largest absolute Gasteiger partial charge is 0.382 e. The molecule has 0 aliphatic heterocycles. The van der Waals surface area contributed by atoms with Gasteiger partial charge < -0.3 is 16.4 Å². The Morgan fingerprint density at radius 2 is 1.80 bits per heavy atom. The van der Waals surface area contributed by atoms with E-state index in [2.05, 4.69) is 20.6 Å². The van der Waals surface area contributed by atoms with Crippen LogP contribution in [0.3, 0.4) is 0 Å². The van der Waals surface area contributed by atoms with Crippen LogP contribution in [0.15, 0.2) is 58.5 Å². The van der Waals surface area contributed by atoms with Crippen molar-refractivity contribution in [3.05, 3.63) is 75.6 Å². The molecule has 154 valence electrons. The second-order valence-corrected chi connectivity index (χ2v) is 7.62. The lowest BCUT2D eigenvalue weighted by Gasteiger charge is -2.09. The maximum Gasteiger partial charge on any atom is 0.277 e. The zero-order valence-corrected chi connectivity index (χ0v) is 17.3. The predicted octanol–water partition coefficient (Wildman–Crippen LogP) is 2.95. The van der Waals surface area contributed by atoms with E-state index in [1.165, 1.54) is 0 Å². The van der Waals surface area contributed by atoms with Gasteiger partial charge >= 0.3 is 0 Å².